The molecule has 8 heteroatoms. The van der Waals surface area contributed by atoms with Crippen molar-refractivity contribution in [3.05, 3.63) is 53.9 Å². The number of nitrogens with zero attached hydrogens (tertiary/aromatic N) is 1. The Morgan fingerprint density at radius 2 is 1.97 bits per heavy atom. The van der Waals surface area contributed by atoms with Crippen molar-refractivity contribution in [1.29, 1.82) is 0 Å². The number of carbonyl (C=O) groups excluding carboxylic acids is 2. The fraction of sp³-hybridized carbons (Fsp3) is 0.381. The molecule has 1 aliphatic rings. The second-order valence-electron chi connectivity index (χ2n) is 7.83. The van der Waals surface area contributed by atoms with Gasteiger partial charge in [-0.2, -0.15) is 0 Å². The highest BCUT2D eigenvalue weighted by molar-refractivity contribution is 5.85. The molecule has 0 saturated carbocycles. The van der Waals surface area contributed by atoms with E-state index in [0.717, 1.165) is 16.9 Å². The number of hydrogen-bond acceptors (Lipinski definition) is 6. The molecule has 1 atom stereocenters. The molecule has 29 heavy (non-hydrogen) atoms. The minimum absolute atomic E-state index is 0.125. The van der Waals surface area contributed by atoms with E-state index in [4.69, 9.17) is 9.47 Å². The molecule has 154 valence electrons. The first-order chi connectivity index (χ1) is 13.8. The molecule has 1 aliphatic heterocycles. The zero-order chi connectivity index (χ0) is 20.9. The molecule has 1 aromatic heterocycles. The minimum atomic E-state index is -0.545. The summed E-state index contributed by atoms with van der Waals surface area (Å²) in [5.41, 5.74) is 2.52. The van der Waals surface area contributed by atoms with Crippen LogP contribution in [0.25, 0.3) is 0 Å². The molecule has 0 fully saturated rings. The number of fused-ring (bicyclic) bond motifs is 1. The van der Waals surface area contributed by atoms with Crippen LogP contribution in [0.1, 0.15) is 32.0 Å². The number of ether oxygens (including phenoxy) is 2. The number of alkyl carbamates (subject to hydrolysis) is 1. The molecule has 1 aromatic carbocycles. The van der Waals surface area contributed by atoms with Gasteiger partial charge in [-0.25, -0.2) is 9.59 Å². The third kappa shape index (κ3) is 6.38. The SMILES string of the molecule is CC(C)(C)OC(=O)N[C@H]1CNc2cc(NC(=O)OCc3ccccc3)cnc2C1. The van der Waals surface area contributed by atoms with E-state index in [0.29, 0.717) is 18.7 Å². The normalized spacial score (nSPS) is 15.5. The van der Waals surface area contributed by atoms with Crippen molar-refractivity contribution in [2.45, 2.75) is 45.4 Å². The lowest BCUT2D eigenvalue weighted by Crippen LogP contribution is -2.45. The number of anilines is 2. The van der Waals surface area contributed by atoms with E-state index < -0.39 is 17.8 Å². The molecule has 8 nitrogen and oxygen atoms in total. The maximum Gasteiger partial charge on any atom is 0.412 e. The Hall–Kier alpha value is -3.29. The molecular formula is C21H26N4O4. The molecule has 0 saturated heterocycles. The second kappa shape index (κ2) is 8.81. The van der Waals surface area contributed by atoms with E-state index in [1.54, 1.807) is 12.3 Å². The van der Waals surface area contributed by atoms with Crippen molar-refractivity contribution >= 4 is 23.6 Å². The first-order valence-corrected chi connectivity index (χ1v) is 9.48. The zero-order valence-corrected chi connectivity index (χ0v) is 16.8. The van der Waals surface area contributed by atoms with Gasteiger partial charge < -0.3 is 20.1 Å². The fourth-order valence-electron chi connectivity index (χ4n) is 2.87. The summed E-state index contributed by atoms with van der Waals surface area (Å²) < 4.78 is 10.5. The van der Waals surface area contributed by atoms with E-state index in [9.17, 15) is 9.59 Å². The number of hydrogen-bond donors (Lipinski definition) is 3. The topological polar surface area (TPSA) is 102 Å². The number of amides is 2. The highest BCUT2D eigenvalue weighted by Crippen LogP contribution is 2.23. The maximum atomic E-state index is 12.0. The molecule has 2 aromatic rings. The van der Waals surface area contributed by atoms with E-state index in [1.807, 2.05) is 51.1 Å². The summed E-state index contributed by atoms with van der Waals surface area (Å²) in [4.78, 5) is 28.3. The summed E-state index contributed by atoms with van der Waals surface area (Å²) in [6, 6.07) is 11.1. The van der Waals surface area contributed by atoms with Crippen LogP contribution in [0.2, 0.25) is 0 Å². The van der Waals surface area contributed by atoms with Gasteiger partial charge in [-0.3, -0.25) is 10.3 Å². The summed E-state index contributed by atoms with van der Waals surface area (Å²) in [7, 11) is 0. The number of carbonyl (C=O) groups is 2. The lowest BCUT2D eigenvalue weighted by molar-refractivity contribution is 0.0506. The van der Waals surface area contributed by atoms with Gasteiger partial charge in [-0.05, 0) is 32.4 Å². The summed E-state index contributed by atoms with van der Waals surface area (Å²) in [6.07, 6.45) is 1.14. The molecule has 2 heterocycles. The second-order valence-corrected chi connectivity index (χ2v) is 7.83. The van der Waals surface area contributed by atoms with Crippen LogP contribution >= 0.6 is 0 Å². The number of benzene rings is 1. The van der Waals surface area contributed by atoms with E-state index in [-0.39, 0.29) is 12.6 Å². The van der Waals surface area contributed by atoms with Crippen LogP contribution in [0, 0.1) is 0 Å². The Morgan fingerprint density at radius 1 is 1.21 bits per heavy atom. The van der Waals surface area contributed by atoms with E-state index in [1.165, 1.54) is 0 Å². The Labute approximate surface area is 170 Å². The van der Waals surface area contributed by atoms with Crippen LogP contribution in [0.3, 0.4) is 0 Å². The standard InChI is InChI=1S/C21H26N4O4/c1-21(2,3)29-20(27)25-16-10-18-17(23-12-16)9-15(11-22-18)24-19(26)28-13-14-7-5-4-6-8-14/h4-9,11,16,23H,10,12-13H2,1-3H3,(H,24,26)(H,25,27)/t16-/m1/s1. The monoisotopic (exact) mass is 398 g/mol. The van der Waals surface area contributed by atoms with Crippen molar-refractivity contribution in [3.63, 3.8) is 0 Å². The Kier molecular flexibility index (Phi) is 6.21. The van der Waals surface area contributed by atoms with Crippen LogP contribution in [0.4, 0.5) is 21.0 Å². The van der Waals surface area contributed by atoms with Gasteiger partial charge in [0.05, 0.1) is 29.3 Å². The van der Waals surface area contributed by atoms with Gasteiger partial charge in [-0.15, -0.1) is 0 Å². The van der Waals surface area contributed by atoms with Crippen molar-refractivity contribution in [2.24, 2.45) is 0 Å². The molecule has 0 spiro atoms. The van der Waals surface area contributed by atoms with Gasteiger partial charge in [0.2, 0.25) is 0 Å². The maximum absolute atomic E-state index is 12.0. The quantitative estimate of drug-likeness (QED) is 0.726. The molecule has 3 N–H and O–H groups in total. The Morgan fingerprint density at radius 3 is 2.69 bits per heavy atom. The van der Waals surface area contributed by atoms with Gasteiger partial charge >= 0.3 is 12.2 Å². The molecule has 2 amide bonds. The van der Waals surface area contributed by atoms with Crippen LogP contribution in [0.5, 0.6) is 0 Å². The van der Waals surface area contributed by atoms with Crippen molar-refractivity contribution in [1.82, 2.24) is 10.3 Å². The molecule has 0 unspecified atom stereocenters. The zero-order valence-electron chi connectivity index (χ0n) is 16.8. The molecular weight excluding hydrogens is 372 g/mol. The summed E-state index contributed by atoms with van der Waals surface area (Å²) in [5, 5.41) is 8.75. The number of pyridine rings is 1. The van der Waals surface area contributed by atoms with Crippen LogP contribution in [-0.4, -0.2) is 35.4 Å². The molecule has 3 rings (SSSR count). The third-order valence-electron chi connectivity index (χ3n) is 4.13. The fourth-order valence-corrected chi connectivity index (χ4v) is 2.87. The number of rotatable bonds is 4. The summed E-state index contributed by atoms with van der Waals surface area (Å²) >= 11 is 0. The average molecular weight is 398 g/mol. The Balaban J connectivity index is 1.51. The predicted molar refractivity (Wildman–Crippen MR) is 110 cm³/mol. The van der Waals surface area contributed by atoms with E-state index >= 15 is 0 Å². The van der Waals surface area contributed by atoms with Crippen LogP contribution < -0.4 is 16.0 Å². The first kappa shape index (κ1) is 20.4. The van der Waals surface area contributed by atoms with Gasteiger partial charge in [0.1, 0.15) is 12.2 Å². The van der Waals surface area contributed by atoms with Crippen molar-refractivity contribution in [3.8, 4) is 0 Å². The first-order valence-electron chi connectivity index (χ1n) is 9.48. The minimum Gasteiger partial charge on any atom is -0.444 e. The van der Waals surface area contributed by atoms with Crippen molar-refractivity contribution < 1.29 is 19.1 Å². The average Bonchev–Trinajstić information content (AvgIpc) is 2.66. The number of nitrogens with one attached hydrogen (secondary N) is 3. The smallest absolute Gasteiger partial charge is 0.412 e. The Bertz CT molecular complexity index is 865. The summed E-state index contributed by atoms with van der Waals surface area (Å²) in [5.74, 6) is 0. The van der Waals surface area contributed by atoms with Gasteiger partial charge in [0, 0.05) is 13.0 Å². The molecule has 0 bridgehead atoms. The van der Waals surface area contributed by atoms with Gasteiger partial charge in [0.25, 0.3) is 0 Å². The largest absolute Gasteiger partial charge is 0.444 e. The van der Waals surface area contributed by atoms with Gasteiger partial charge in [-0.1, -0.05) is 30.3 Å². The number of aromatic nitrogens is 1. The highest BCUT2D eigenvalue weighted by atomic mass is 16.6. The van der Waals surface area contributed by atoms with Gasteiger partial charge in [0.15, 0.2) is 0 Å². The predicted octanol–water partition coefficient (Wildman–Crippen LogP) is 3.69. The highest BCUT2D eigenvalue weighted by Gasteiger charge is 2.24. The van der Waals surface area contributed by atoms with Crippen LogP contribution in [-0.2, 0) is 22.5 Å². The lowest BCUT2D eigenvalue weighted by Gasteiger charge is -2.28. The van der Waals surface area contributed by atoms with Crippen molar-refractivity contribution in [2.75, 3.05) is 17.2 Å². The van der Waals surface area contributed by atoms with E-state index in [2.05, 4.69) is 20.9 Å². The molecule has 0 radical (unpaired) electrons. The lowest BCUT2D eigenvalue weighted by atomic mass is 10.0. The third-order valence-corrected chi connectivity index (χ3v) is 4.13. The summed E-state index contributed by atoms with van der Waals surface area (Å²) in [6.45, 7) is 6.20. The van der Waals surface area contributed by atoms with Crippen LogP contribution in [0.15, 0.2) is 42.6 Å². The molecule has 0 aliphatic carbocycles.